The molecule has 0 spiro atoms. The number of hydrogen-bond acceptors (Lipinski definition) is 8. The van der Waals surface area contributed by atoms with Crippen molar-refractivity contribution in [2.24, 2.45) is 7.05 Å². The number of carbonyl (C=O) groups excluding carboxylic acids is 2. The molecule has 0 aliphatic carbocycles. The zero-order valence-electron chi connectivity index (χ0n) is 18.4. The molecular weight excluding hydrogens is 412 g/mol. The fourth-order valence-corrected chi connectivity index (χ4v) is 4.10. The normalized spacial score (nSPS) is 15.0. The van der Waals surface area contributed by atoms with E-state index in [9.17, 15) is 9.59 Å². The second-order valence-corrected chi connectivity index (χ2v) is 7.50. The maximum Gasteiger partial charge on any atom is 0.343 e. The van der Waals surface area contributed by atoms with E-state index in [-0.39, 0.29) is 13.2 Å². The van der Waals surface area contributed by atoms with Crippen LogP contribution in [0.2, 0.25) is 0 Å². The average Bonchev–Trinajstić information content (AvgIpc) is 3.39. The van der Waals surface area contributed by atoms with Gasteiger partial charge in [0.25, 0.3) is 0 Å². The van der Waals surface area contributed by atoms with Gasteiger partial charge in [0.1, 0.15) is 5.75 Å². The van der Waals surface area contributed by atoms with Crippen LogP contribution in [0.1, 0.15) is 26.7 Å². The van der Waals surface area contributed by atoms with Crippen molar-refractivity contribution in [1.82, 2.24) is 14.8 Å². The van der Waals surface area contributed by atoms with Gasteiger partial charge < -0.3 is 19.1 Å². The fraction of sp³-hybridized carbons (Fsp3) is 0.391. The second kappa shape index (κ2) is 8.86. The number of aromatic nitrogens is 3. The number of fused-ring (bicyclic) bond motifs is 1. The zero-order valence-corrected chi connectivity index (χ0v) is 18.4. The maximum atomic E-state index is 12.9. The summed E-state index contributed by atoms with van der Waals surface area (Å²) in [4.78, 5) is 31.8. The third kappa shape index (κ3) is 3.74. The fourth-order valence-electron chi connectivity index (χ4n) is 4.10. The van der Waals surface area contributed by atoms with Crippen LogP contribution >= 0.6 is 0 Å². The third-order valence-electron chi connectivity index (χ3n) is 5.58. The average molecular weight is 438 g/mol. The topological polar surface area (TPSA) is 95.8 Å². The second-order valence-electron chi connectivity index (χ2n) is 7.50. The summed E-state index contributed by atoms with van der Waals surface area (Å²) >= 11 is 0. The number of carbonyl (C=O) groups is 2. The van der Waals surface area contributed by atoms with Gasteiger partial charge in [-0.15, -0.1) is 0 Å². The highest BCUT2D eigenvalue weighted by molar-refractivity contribution is 6.09. The summed E-state index contributed by atoms with van der Waals surface area (Å²) in [5, 5.41) is 5.20. The number of aryl methyl sites for hydroxylation is 1. The lowest BCUT2D eigenvalue weighted by molar-refractivity contribution is -0.163. The van der Waals surface area contributed by atoms with Crippen LogP contribution in [0, 0.1) is 0 Å². The van der Waals surface area contributed by atoms with E-state index in [0.29, 0.717) is 36.7 Å². The van der Waals surface area contributed by atoms with Crippen LogP contribution in [0.25, 0.3) is 10.9 Å². The van der Waals surface area contributed by atoms with Crippen molar-refractivity contribution in [2.45, 2.75) is 32.2 Å². The number of hydrogen-bond donors (Lipinski definition) is 0. The van der Waals surface area contributed by atoms with Crippen molar-refractivity contribution in [2.75, 3.05) is 24.7 Å². The monoisotopic (exact) mass is 438 g/mol. The SMILES string of the molecule is CCOC(=O)C1(C(=O)OCC)CCCN1c1ccc(Oc2ccc3c(cnn3C)c2)nc1. The highest BCUT2D eigenvalue weighted by Gasteiger charge is 2.56. The van der Waals surface area contributed by atoms with Crippen molar-refractivity contribution >= 4 is 28.5 Å². The van der Waals surface area contributed by atoms with Gasteiger partial charge in [0, 0.05) is 25.0 Å². The number of esters is 2. The van der Waals surface area contributed by atoms with Gasteiger partial charge in [0.2, 0.25) is 11.4 Å². The summed E-state index contributed by atoms with van der Waals surface area (Å²) in [7, 11) is 1.88. The largest absolute Gasteiger partial charge is 0.464 e. The maximum absolute atomic E-state index is 12.9. The predicted octanol–water partition coefficient (Wildman–Crippen LogP) is 3.23. The van der Waals surface area contributed by atoms with E-state index in [0.717, 1.165) is 10.9 Å². The Hall–Kier alpha value is -3.62. The Morgan fingerprint density at radius 3 is 2.47 bits per heavy atom. The van der Waals surface area contributed by atoms with E-state index in [1.165, 1.54) is 0 Å². The first-order valence-electron chi connectivity index (χ1n) is 10.7. The molecule has 0 N–H and O–H groups in total. The highest BCUT2D eigenvalue weighted by Crippen LogP contribution is 2.37. The number of ether oxygens (including phenoxy) is 3. The smallest absolute Gasteiger partial charge is 0.343 e. The van der Waals surface area contributed by atoms with Gasteiger partial charge in [-0.05, 0) is 51.0 Å². The van der Waals surface area contributed by atoms with E-state index >= 15 is 0 Å². The van der Waals surface area contributed by atoms with Gasteiger partial charge in [0.05, 0.1) is 36.8 Å². The van der Waals surface area contributed by atoms with E-state index in [1.807, 2.05) is 25.2 Å². The van der Waals surface area contributed by atoms with Gasteiger partial charge in [-0.3, -0.25) is 4.68 Å². The minimum Gasteiger partial charge on any atom is -0.464 e. The lowest BCUT2D eigenvalue weighted by Crippen LogP contribution is -2.58. The first kappa shape index (κ1) is 21.6. The molecule has 0 unspecified atom stereocenters. The summed E-state index contributed by atoms with van der Waals surface area (Å²) in [6, 6.07) is 9.17. The quantitative estimate of drug-likeness (QED) is 0.410. The lowest BCUT2D eigenvalue weighted by Gasteiger charge is -2.35. The van der Waals surface area contributed by atoms with E-state index < -0.39 is 17.5 Å². The van der Waals surface area contributed by atoms with Gasteiger partial charge in [-0.1, -0.05) is 0 Å². The number of nitrogens with zero attached hydrogens (tertiary/aromatic N) is 4. The van der Waals surface area contributed by atoms with Crippen LogP contribution in [-0.2, 0) is 26.1 Å². The molecule has 0 amide bonds. The van der Waals surface area contributed by atoms with Crippen LogP contribution in [0.4, 0.5) is 5.69 Å². The van der Waals surface area contributed by atoms with E-state index in [1.54, 1.807) is 48.0 Å². The summed E-state index contributed by atoms with van der Waals surface area (Å²) < 4.78 is 18.2. The minimum atomic E-state index is -1.50. The molecule has 0 radical (unpaired) electrons. The van der Waals surface area contributed by atoms with Gasteiger partial charge in [-0.25, -0.2) is 14.6 Å². The van der Waals surface area contributed by atoms with E-state index in [2.05, 4.69) is 10.1 Å². The zero-order chi connectivity index (χ0) is 22.7. The predicted molar refractivity (Wildman–Crippen MR) is 118 cm³/mol. The molecule has 168 valence electrons. The molecule has 2 aromatic heterocycles. The number of rotatable bonds is 7. The van der Waals surface area contributed by atoms with Crippen LogP contribution < -0.4 is 9.64 Å². The Bertz CT molecular complexity index is 1110. The van der Waals surface area contributed by atoms with Crippen LogP contribution in [0.15, 0.2) is 42.7 Å². The summed E-state index contributed by atoms with van der Waals surface area (Å²) in [5.41, 5.74) is 0.129. The molecule has 4 rings (SSSR count). The van der Waals surface area contributed by atoms with Crippen LogP contribution in [0.3, 0.4) is 0 Å². The Balaban J connectivity index is 1.58. The van der Waals surface area contributed by atoms with Crippen LogP contribution in [-0.4, -0.2) is 52.0 Å². The van der Waals surface area contributed by atoms with Crippen molar-refractivity contribution < 1.29 is 23.8 Å². The number of pyridine rings is 1. The molecule has 0 atom stereocenters. The molecule has 32 heavy (non-hydrogen) atoms. The van der Waals surface area contributed by atoms with Gasteiger partial charge in [0.15, 0.2) is 0 Å². The molecule has 0 bridgehead atoms. The van der Waals surface area contributed by atoms with E-state index in [4.69, 9.17) is 14.2 Å². The molecule has 9 nitrogen and oxygen atoms in total. The van der Waals surface area contributed by atoms with Crippen LogP contribution in [0.5, 0.6) is 11.6 Å². The van der Waals surface area contributed by atoms with Crippen molar-refractivity contribution in [3.63, 3.8) is 0 Å². The molecule has 0 saturated carbocycles. The molecule has 1 aliphatic rings. The molecule has 1 saturated heterocycles. The Labute approximate surface area is 185 Å². The minimum absolute atomic E-state index is 0.181. The molecule has 1 aromatic carbocycles. The lowest BCUT2D eigenvalue weighted by atomic mass is 9.95. The first-order chi connectivity index (χ1) is 15.5. The Kier molecular flexibility index (Phi) is 5.98. The Morgan fingerprint density at radius 1 is 1.06 bits per heavy atom. The Morgan fingerprint density at radius 2 is 1.81 bits per heavy atom. The first-order valence-corrected chi connectivity index (χ1v) is 10.7. The molecule has 3 aromatic rings. The van der Waals surface area contributed by atoms with Gasteiger partial charge in [-0.2, -0.15) is 5.10 Å². The van der Waals surface area contributed by atoms with Crippen molar-refractivity contribution in [3.8, 4) is 11.6 Å². The molecule has 9 heteroatoms. The summed E-state index contributed by atoms with van der Waals surface area (Å²) in [6.45, 7) is 4.30. The number of anilines is 1. The van der Waals surface area contributed by atoms with Gasteiger partial charge >= 0.3 is 11.9 Å². The standard InChI is InChI=1S/C23H26N4O5/c1-4-30-21(28)23(22(29)31-5-2)11-6-12-27(23)17-7-10-20(24-15-17)32-18-8-9-19-16(13-18)14-25-26(19)3/h7-10,13-15H,4-6,11-12H2,1-3H3. The highest BCUT2D eigenvalue weighted by atomic mass is 16.6. The third-order valence-corrected chi connectivity index (χ3v) is 5.58. The van der Waals surface area contributed by atoms with Crippen molar-refractivity contribution in [1.29, 1.82) is 0 Å². The summed E-state index contributed by atoms with van der Waals surface area (Å²) in [5.74, 6) is -0.157. The molecule has 3 heterocycles. The van der Waals surface area contributed by atoms with Crippen molar-refractivity contribution in [3.05, 3.63) is 42.7 Å². The summed E-state index contributed by atoms with van der Waals surface area (Å²) in [6.07, 6.45) is 4.35. The molecular formula is C23H26N4O5. The molecule has 1 aliphatic heterocycles. The molecule has 1 fully saturated rings. The number of benzene rings is 1.